The fraction of sp³-hybridized carbons (Fsp3) is 0.364. The van der Waals surface area contributed by atoms with Crippen LogP contribution in [0.1, 0.15) is 48.3 Å². The van der Waals surface area contributed by atoms with Crippen molar-refractivity contribution in [2.75, 3.05) is 13.6 Å². The molecule has 0 aliphatic carbocycles. The van der Waals surface area contributed by atoms with Gasteiger partial charge in [0.1, 0.15) is 6.04 Å². The standard InChI is InChI=1S/C22H27F2N3O2/c1-5-27(14(2)3)13-15-6-8-16(9-7-15)21(28)26-20(22(29)25-4)17-10-11-18(23)19(24)12-17/h6-12,14,20H,5,13H2,1-4H3,(H,25,29)(H,26,28). The van der Waals surface area contributed by atoms with Crippen molar-refractivity contribution in [3.63, 3.8) is 0 Å². The third-order valence-electron chi connectivity index (χ3n) is 4.80. The van der Waals surface area contributed by atoms with E-state index < -0.39 is 29.5 Å². The van der Waals surface area contributed by atoms with Crippen LogP contribution in [-0.2, 0) is 11.3 Å². The summed E-state index contributed by atoms with van der Waals surface area (Å²) < 4.78 is 26.8. The topological polar surface area (TPSA) is 61.4 Å². The molecule has 0 saturated heterocycles. The van der Waals surface area contributed by atoms with Crippen LogP contribution in [0.4, 0.5) is 8.78 Å². The molecule has 0 fully saturated rings. The summed E-state index contributed by atoms with van der Waals surface area (Å²) in [6.07, 6.45) is 0. The van der Waals surface area contributed by atoms with Gasteiger partial charge < -0.3 is 10.6 Å². The number of carbonyl (C=O) groups excluding carboxylic acids is 2. The molecule has 29 heavy (non-hydrogen) atoms. The van der Waals surface area contributed by atoms with E-state index in [4.69, 9.17) is 0 Å². The van der Waals surface area contributed by atoms with Gasteiger partial charge in [0, 0.05) is 25.2 Å². The quantitative estimate of drug-likeness (QED) is 0.710. The van der Waals surface area contributed by atoms with E-state index >= 15 is 0 Å². The Bertz CT molecular complexity index is 854. The molecule has 2 aromatic carbocycles. The van der Waals surface area contributed by atoms with Crippen molar-refractivity contribution in [1.29, 1.82) is 0 Å². The van der Waals surface area contributed by atoms with Crippen LogP contribution in [0.15, 0.2) is 42.5 Å². The monoisotopic (exact) mass is 403 g/mol. The highest BCUT2D eigenvalue weighted by Crippen LogP contribution is 2.18. The lowest BCUT2D eigenvalue weighted by atomic mass is 10.0. The summed E-state index contributed by atoms with van der Waals surface area (Å²) in [7, 11) is 1.41. The molecule has 1 atom stereocenters. The minimum Gasteiger partial charge on any atom is -0.357 e. The molecule has 0 aliphatic rings. The van der Waals surface area contributed by atoms with Gasteiger partial charge in [-0.3, -0.25) is 14.5 Å². The molecule has 1 unspecified atom stereocenters. The van der Waals surface area contributed by atoms with E-state index in [2.05, 4.69) is 36.3 Å². The van der Waals surface area contributed by atoms with Crippen LogP contribution >= 0.6 is 0 Å². The molecule has 0 heterocycles. The number of hydrogen-bond acceptors (Lipinski definition) is 3. The Kier molecular flexibility index (Phi) is 7.84. The Hall–Kier alpha value is -2.80. The third kappa shape index (κ3) is 5.84. The SMILES string of the molecule is CCN(Cc1ccc(C(=O)NC(C(=O)NC)c2ccc(F)c(F)c2)cc1)C(C)C. The Labute approximate surface area is 170 Å². The second-order valence-electron chi connectivity index (χ2n) is 7.05. The minimum absolute atomic E-state index is 0.156. The van der Waals surface area contributed by atoms with Gasteiger partial charge in [0.2, 0.25) is 5.91 Å². The Balaban J connectivity index is 2.16. The lowest BCUT2D eigenvalue weighted by Crippen LogP contribution is -2.39. The lowest BCUT2D eigenvalue weighted by molar-refractivity contribution is -0.122. The number of benzene rings is 2. The second kappa shape index (κ2) is 10.1. The van der Waals surface area contributed by atoms with Gasteiger partial charge in [-0.25, -0.2) is 8.78 Å². The van der Waals surface area contributed by atoms with Crippen molar-refractivity contribution in [3.05, 3.63) is 70.8 Å². The number of nitrogens with zero attached hydrogens (tertiary/aromatic N) is 1. The van der Waals surface area contributed by atoms with Crippen molar-refractivity contribution < 1.29 is 18.4 Å². The normalized spacial score (nSPS) is 12.1. The third-order valence-corrected chi connectivity index (χ3v) is 4.80. The molecule has 2 rings (SSSR count). The molecule has 5 nitrogen and oxygen atoms in total. The molecule has 0 radical (unpaired) electrons. The molecule has 0 bridgehead atoms. The van der Waals surface area contributed by atoms with Crippen LogP contribution in [0.5, 0.6) is 0 Å². The van der Waals surface area contributed by atoms with Crippen LogP contribution in [0.3, 0.4) is 0 Å². The van der Waals surface area contributed by atoms with Crippen LogP contribution in [0.2, 0.25) is 0 Å². The number of halogens is 2. The first-order valence-corrected chi connectivity index (χ1v) is 9.57. The zero-order valence-corrected chi connectivity index (χ0v) is 17.1. The minimum atomic E-state index is -1.14. The summed E-state index contributed by atoms with van der Waals surface area (Å²) >= 11 is 0. The average Bonchev–Trinajstić information content (AvgIpc) is 2.71. The Morgan fingerprint density at radius 3 is 2.21 bits per heavy atom. The fourth-order valence-corrected chi connectivity index (χ4v) is 3.01. The molecule has 2 N–H and O–H groups in total. The van der Waals surface area contributed by atoms with Crippen molar-refractivity contribution >= 4 is 11.8 Å². The van der Waals surface area contributed by atoms with E-state index in [0.717, 1.165) is 30.8 Å². The van der Waals surface area contributed by atoms with Crippen LogP contribution in [-0.4, -0.2) is 36.3 Å². The summed E-state index contributed by atoms with van der Waals surface area (Å²) in [6.45, 7) is 8.04. The Morgan fingerprint density at radius 2 is 1.69 bits per heavy atom. The molecule has 156 valence electrons. The van der Waals surface area contributed by atoms with E-state index in [1.165, 1.54) is 13.1 Å². The number of nitrogens with one attached hydrogen (secondary N) is 2. The molecule has 0 aromatic heterocycles. The maximum absolute atomic E-state index is 13.6. The average molecular weight is 403 g/mol. The summed E-state index contributed by atoms with van der Waals surface area (Å²) in [5.74, 6) is -3.11. The Morgan fingerprint density at radius 1 is 1.03 bits per heavy atom. The largest absolute Gasteiger partial charge is 0.357 e. The highest BCUT2D eigenvalue weighted by Gasteiger charge is 2.23. The van der Waals surface area contributed by atoms with E-state index in [1.807, 2.05) is 12.1 Å². The van der Waals surface area contributed by atoms with Gasteiger partial charge in [-0.05, 0) is 55.8 Å². The molecule has 2 aromatic rings. The van der Waals surface area contributed by atoms with Crippen molar-refractivity contribution in [3.8, 4) is 0 Å². The molecule has 2 amide bonds. The first-order chi connectivity index (χ1) is 13.8. The first kappa shape index (κ1) is 22.5. The van der Waals surface area contributed by atoms with Gasteiger partial charge in [0.25, 0.3) is 5.91 Å². The molecule has 0 spiro atoms. The van der Waals surface area contributed by atoms with Crippen molar-refractivity contribution in [2.45, 2.75) is 39.4 Å². The summed E-state index contributed by atoms with van der Waals surface area (Å²) in [5.41, 5.74) is 1.60. The molecule has 7 heteroatoms. The highest BCUT2D eigenvalue weighted by atomic mass is 19.2. The molecule has 0 aliphatic heterocycles. The van der Waals surface area contributed by atoms with Crippen LogP contribution in [0.25, 0.3) is 0 Å². The van der Waals surface area contributed by atoms with E-state index in [-0.39, 0.29) is 5.56 Å². The van der Waals surface area contributed by atoms with Gasteiger partial charge in [0.05, 0.1) is 0 Å². The number of amides is 2. The predicted molar refractivity (Wildman–Crippen MR) is 108 cm³/mol. The first-order valence-electron chi connectivity index (χ1n) is 9.57. The smallest absolute Gasteiger partial charge is 0.252 e. The fourth-order valence-electron chi connectivity index (χ4n) is 3.01. The number of carbonyl (C=O) groups is 2. The molecular weight excluding hydrogens is 376 g/mol. The van der Waals surface area contributed by atoms with Crippen LogP contribution < -0.4 is 10.6 Å². The maximum Gasteiger partial charge on any atom is 0.252 e. The number of rotatable bonds is 8. The van der Waals surface area contributed by atoms with E-state index in [1.54, 1.807) is 12.1 Å². The zero-order valence-electron chi connectivity index (χ0n) is 17.1. The lowest BCUT2D eigenvalue weighted by Gasteiger charge is -2.24. The van der Waals surface area contributed by atoms with Crippen molar-refractivity contribution in [1.82, 2.24) is 15.5 Å². The van der Waals surface area contributed by atoms with E-state index in [0.29, 0.717) is 11.6 Å². The second-order valence-corrected chi connectivity index (χ2v) is 7.05. The molecule has 0 saturated carbocycles. The zero-order chi connectivity index (χ0) is 21.6. The van der Waals surface area contributed by atoms with E-state index in [9.17, 15) is 18.4 Å². The maximum atomic E-state index is 13.6. The van der Waals surface area contributed by atoms with Crippen molar-refractivity contribution in [2.24, 2.45) is 0 Å². The van der Waals surface area contributed by atoms with Gasteiger partial charge >= 0.3 is 0 Å². The summed E-state index contributed by atoms with van der Waals surface area (Å²) in [4.78, 5) is 27.1. The van der Waals surface area contributed by atoms with Gasteiger partial charge in [-0.15, -0.1) is 0 Å². The molecular formula is C22H27F2N3O2. The highest BCUT2D eigenvalue weighted by molar-refractivity contribution is 5.97. The van der Waals surface area contributed by atoms with Gasteiger partial charge in [0.15, 0.2) is 11.6 Å². The van der Waals surface area contributed by atoms with Gasteiger partial charge in [-0.1, -0.05) is 25.1 Å². The van der Waals surface area contributed by atoms with Gasteiger partial charge in [-0.2, -0.15) is 0 Å². The summed E-state index contributed by atoms with van der Waals surface area (Å²) in [5, 5.41) is 5.01. The number of likely N-dealkylation sites (N-methyl/N-ethyl adjacent to an activating group) is 1. The predicted octanol–water partition coefficient (Wildman–Crippen LogP) is 3.41. The summed E-state index contributed by atoms with van der Waals surface area (Å²) in [6, 6.07) is 9.48. The van der Waals surface area contributed by atoms with Crippen LogP contribution in [0, 0.1) is 11.6 Å². The number of hydrogen-bond donors (Lipinski definition) is 2.